The monoisotopic (exact) mass is 155 g/mol. The maximum atomic E-state index is 8.46. The zero-order valence-corrected chi connectivity index (χ0v) is 6.96. The molecule has 0 aliphatic carbocycles. The lowest BCUT2D eigenvalue weighted by Gasteiger charge is -2.35. The van der Waals surface area contributed by atoms with Gasteiger partial charge in [-0.25, -0.2) is 0 Å². The molecule has 0 radical (unpaired) electrons. The van der Waals surface area contributed by atoms with Crippen LogP contribution in [0.5, 0.6) is 0 Å². The molecule has 1 aliphatic heterocycles. The van der Waals surface area contributed by atoms with Gasteiger partial charge in [-0.1, -0.05) is 0 Å². The Morgan fingerprint density at radius 1 is 1.73 bits per heavy atom. The lowest BCUT2D eigenvalue weighted by molar-refractivity contribution is -0.276. The van der Waals surface area contributed by atoms with E-state index in [-0.39, 0.29) is 6.10 Å². The Morgan fingerprint density at radius 2 is 2.45 bits per heavy atom. The highest BCUT2D eigenvalue weighted by Crippen LogP contribution is 2.24. The van der Waals surface area contributed by atoms with Crippen molar-refractivity contribution >= 4 is 0 Å². The van der Waals surface area contributed by atoms with Crippen LogP contribution in [0.15, 0.2) is 0 Å². The van der Waals surface area contributed by atoms with Crippen molar-refractivity contribution in [1.82, 2.24) is 0 Å². The average Bonchev–Trinajstić information content (AvgIpc) is 1.86. The van der Waals surface area contributed by atoms with Gasteiger partial charge in [-0.3, -0.25) is 0 Å². The molecule has 0 amide bonds. The van der Waals surface area contributed by atoms with Crippen LogP contribution in [0.3, 0.4) is 0 Å². The van der Waals surface area contributed by atoms with Crippen molar-refractivity contribution in [3.8, 4) is 6.07 Å². The van der Waals surface area contributed by atoms with Gasteiger partial charge in [0.2, 0.25) is 0 Å². The van der Waals surface area contributed by atoms with E-state index in [4.69, 9.17) is 14.7 Å². The number of ether oxygens (including phenoxy) is 2. The minimum absolute atomic E-state index is 0.210. The largest absolute Gasteiger partial charge is 0.349 e. The fraction of sp³-hybridized carbons (Fsp3) is 0.875. The van der Waals surface area contributed by atoms with Crippen LogP contribution >= 0.6 is 0 Å². The van der Waals surface area contributed by atoms with Crippen molar-refractivity contribution < 1.29 is 9.47 Å². The molecule has 3 nitrogen and oxygen atoms in total. The van der Waals surface area contributed by atoms with Gasteiger partial charge in [0.15, 0.2) is 5.79 Å². The Labute approximate surface area is 66.9 Å². The van der Waals surface area contributed by atoms with Crippen LogP contribution in [0, 0.1) is 11.3 Å². The van der Waals surface area contributed by atoms with Crippen molar-refractivity contribution in [3.05, 3.63) is 0 Å². The molecular formula is C8H13NO2. The Kier molecular flexibility index (Phi) is 2.48. The lowest BCUT2D eigenvalue weighted by Crippen LogP contribution is -2.40. The minimum Gasteiger partial charge on any atom is -0.349 e. The van der Waals surface area contributed by atoms with E-state index in [1.54, 1.807) is 0 Å². The van der Waals surface area contributed by atoms with Gasteiger partial charge < -0.3 is 9.47 Å². The summed E-state index contributed by atoms with van der Waals surface area (Å²) in [6.45, 7) is 4.50. The van der Waals surface area contributed by atoms with E-state index in [2.05, 4.69) is 0 Å². The third-order valence-electron chi connectivity index (χ3n) is 1.78. The standard InChI is InChI=1S/C8H13NO2/c1-7-3-6-10-8(2,11-7)4-5-9/h7H,3-4,6H2,1-2H3. The Morgan fingerprint density at radius 3 is 3.00 bits per heavy atom. The number of hydrogen-bond donors (Lipinski definition) is 0. The first kappa shape index (κ1) is 8.51. The number of nitriles is 1. The van der Waals surface area contributed by atoms with E-state index < -0.39 is 5.79 Å². The molecule has 1 saturated heterocycles. The van der Waals surface area contributed by atoms with Gasteiger partial charge in [0.05, 0.1) is 25.2 Å². The van der Waals surface area contributed by atoms with Crippen LogP contribution in [0.25, 0.3) is 0 Å². The summed E-state index contributed by atoms with van der Waals surface area (Å²) in [7, 11) is 0. The van der Waals surface area contributed by atoms with Crippen LogP contribution in [0.1, 0.15) is 26.7 Å². The topological polar surface area (TPSA) is 42.2 Å². The predicted molar refractivity (Wildman–Crippen MR) is 39.8 cm³/mol. The summed E-state index contributed by atoms with van der Waals surface area (Å²) in [6.07, 6.45) is 1.43. The second-order valence-electron chi connectivity index (χ2n) is 3.03. The first-order chi connectivity index (χ1) is 5.16. The maximum Gasteiger partial charge on any atom is 0.178 e. The van der Waals surface area contributed by atoms with Crippen LogP contribution < -0.4 is 0 Å². The van der Waals surface area contributed by atoms with E-state index in [1.807, 2.05) is 19.9 Å². The molecule has 62 valence electrons. The Hall–Kier alpha value is -0.590. The second kappa shape index (κ2) is 3.21. The first-order valence-electron chi connectivity index (χ1n) is 3.85. The summed E-state index contributed by atoms with van der Waals surface area (Å²) >= 11 is 0. The quantitative estimate of drug-likeness (QED) is 0.575. The van der Waals surface area contributed by atoms with Gasteiger partial charge in [0, 0.05) is 0 Å². The van der Waals surface area contributed by atoms with E-state index in [0.29, 0.717) is 13.0 Å². The Bertz CT molecular complexity index is 175. The summed E-state index contributed by atoms with van der Waals surface area (Å²) in [5.74, 6) is -0.660. The molecule has 0 spiro atoms. The summed E-state index contributed by atoms with van der Waals surface area (Å²) < 4.78 is 10.8. The van der Waals surface area contributed by atoms with Crippen LogP contribution in [0.4, 0.5) is 0 Å². The Balaban J connectivity index is 2.50. The third-order valence-corrected chi connectivity index (χ3v) is 1.78. The zero-order chi connectivity index (χ0) is 8.32. The lowest BCUT2D eigenvalue weighted by atomic mass is 10.2. The molecule has 1 heterocycles. The molecular weight excluding hydrogens is 142 g/mol. The summed E-state index contributed by atoms with van der Waals surface area (Å²) in [5, 5.41) is 8.46. The van der Waals surface area contributed by atoms with Crippen LogP contribution in [-0.4, -0.2) is 18.5 Å². The smallest absolute Gasteiger partial charge is 0.178 e. The van der Waals surface area contributed by atoms with E-state index >= 15 is 0 Å². The molecule has 3 heteroatoms. The van der Waals surface area contributed by atoms with E-state index in [1.165, 1.54) is 0 Å². The molecule has 1 rings (SSSR count). The van der Waals surface area contributed by atoms with Gasteiger partial charge in [-0.05, 0) is 20.3 Å². The molecule has 1 aliphatic rings. The fourth-order valence-electron chi connectivity index (χ4n) is 1.20. The first-order valence-corrected chi connectivity index (χ1v) is 3.85. The van der Waals surface area contributed by atoms with Crippen molar-refractivity contribution in [3.63, 3.8) is 0 Å². The van der Waals surface area contributed by atoms with Gasteiger partial charge in [0.1, 0.15) is 0 Å². The highest BCUT2D eigenvalue weighted by atomic mass is 16.7. The van der Waals surface area contributed by atoms with Gasteiger partial charge in [-0.15, -0.1) is 0 Å². The van der Waals surface area contributed by atoms with Crippen LogP contribution in [0.2, 0.25) is 0 Å². The molecule has 1 fully saturated rings. The van der Waals surface area contributed by atoms with Gasteiger partial charge in [0.25, 0.3) is 0 Å². The molecule has 0 aromatic carbocycles. The SMILES string of the molecule is CC1CCOC(C)(CC#N)O1. The minimum atomic E-state index is -0.660. The summed E-state index contributed by atoms with van der Waals surface area (Å²) in [5.41, 5.74) is 0. The highest BCUT2D eigenvalue weighted by Gasteiger charge is 2.31. The zero-order valence-electron chi connectivity index (χ0n) is 6.96. The molecule has 2 unspecified atom stereocenters. The molecule has 11 heavy (non-hydrogen) atoms. The van der Waals surface area contributed by atoms with Crippen molar-refractivity contribution in [2.75, 3.05) is 6.61 Å². The molecule has 0 N–H and O–H groups in total. The predicted octanol–water partition coefficient (Wildman–Crippen LogP) is 1.44. The molecule has 0 aromatic rings. The van der Waals surface area contributed by atoms with Crippen molar-refractivity contribution in [2.24, 2.45) is 0 Å². The molecule has 0 aromatic heterocycles. The number of hydrogen-bond acceptors (Lipinski definition) is 3. The average molecular weight is 155 g/mol. The summed E-state index contributed by atoms with van der Waals surface area (Å²) in [4.78, 5) is 0. The van der Waals surface area contributed by atoms with Crippen molar-refractivity contribution in [2.45, 2.75) is 38.6 Å². The van der Waals surface area contributed by atoms with E-state index in [9.17, 15) is 0 Å². The highest BCUT2D eigenvalue weighted by molar-refractivity contribution is 4.82. The van der Waals surface area contributed by atoms with Gasteiger partial charge in [-0.2, -0.15) is 5.26 Å². The second-order valence-corrected chi connectivity index (χ2v) is 3.03. The third kappa shape index (κ3) is 2.18. The normalized spacial score (nSPS) is 38.1. The molecule has 0 saturated carbocycles. The van der Waals surface area contributed by atoms with E-state index in [0.717, 1.165) is 6.42 Å². The summed E-state index contributed by atoms with van der Waals surface area (Å²) in [6, 6.07) is 2.05. The van der Waals surface area contributed by atoms with Gasteiger partial charge >= 0.3 is 0 Å². The maximum absolute atomic E-state index is 8.46. The van der Waals surface area contributed by atoms with Crippen molar-refractivity contribution in [1.29, 1.82) is 5.26 Å². The van der Waals surface area contributed by atoms with Crippen LogP contribution in [-0.2, 0) is 9.47 Å². The number of rotatable bonds is 1. The molecule has 2 atom stereocenters. The molecule has 0 bridgehead atoms. The fourth-order valence-corrected chi connectivity index (χ4v) is 1.20. The number of nitrogens with zero attached hydrogens (tertiary/aromatic N) is 1.